The number of halogens is 1. The van der Waals surface area contributed by atoms with Crippen LogP contribution in [-0.2, 0) is 10.1 Å². The molecular weight excluding hydrogens is 239 g/mol. The van der Waals surface area contributed by atoms with E-state index in [-0.39, 0.29) is 35.1 Å². The zero-order valence-electron chi connectivity index (χ0n) is 7.38. The van der Waals surface area contributed by atoms with Gasteiger partial charge in [0.15, 0.2) is 0 Å². The van der Waals surface area contributed by atoms with Crippen LogP contribution in [0.1, 0.15) is 11.0 Å². The summed E-state index contributed by atoms with van der Waals surface area (Å²) in [7, 11) is -4.48. The molecular formula is C7H7ClNaO4S+. The molecule has 1 aromatic carbocycles. The molecule has 14 heavy (non-hydrogen) atoms. The fraction of sp³-hybridized carbons (Fsp3) is 0.143. The van der Waals surface area contributed by atoms with Gasteiger partial charge in [-0.15, -0.1) is 0 Å². The van der Waals surface area contributed by atoms with E-state index in [9.17, 15) is 8.42 Å². The molecule has 0 spiro atoms. The van der Waals surface area contributed by atoms with Crippen LogP contribution in [0.4, 0.5) is 0 Å². The van der Waals surface area contributed by atoms with Crippen molar-refractivity contribution in [1.29, 1.82) is 0 Å². The molecule has 0 heterocycles. The van der Waals surface area contributed by atoms with E-state index in [1.165, 1.54) is 24.3 Å². The third kappa shape index (κ3) is 3.86. The Bertz CT molecular complexity index is 406. The van der Waals surface area contributed by atoms with Gasteiger partial charge in [-0.05, 0) is 17.7 Å². The van der Waals surface area contributed by atoms with Crippen LogP contribution >= 0.6 is 11.6 Å². The van der Waals surface area contributed by atoms with Crippen molar-refractivity contribution >= 4 is 21.7 Å². The summed E-state index contributed by atoms with van der Waals surface area (Å²) in [5, 5.41) is 9.38. The normalized spacial score (nSPS) is 13.1. The van der Waals surface area contributed by atoms with Crippen LogP contribution in [0.25, 0.3) is 0 Å². The molecule has 4 nitrogen and oxygen atoms in total. The fourth-order valence-corrected chi connectivity index (χ4v) is 1.52. The number of aliphatic hydroxyl groups excluding tert-OH is 1. The van der Waals surface area contributed by atoms with Gasteiger partial charge in [0.25, 0.3) is 10.1 Å². The molecule has 0 aliphatic heterocycles. The predicted octanol–water partition coefficient (Wildman–Crippen LogP) is -1.78. The second-order valence-corrected chi connectivity index (χ2v) is 4.34. The van der Waals surface area contributed by atoms with Gasteiger partial charge in [0.1, 0.15) is 0 Å². The van der Waals surface area contributed by atoms with Crippen LogP contribution in [-0.4, -0.2) is 18.1 Å². The second-order valence-electron chi connectivity index (χ2n) is 2.42. The topological polar surface area (TPSA) is 74.6 Å². The van der Waals surface area contributed by atoms with Crippen LogP contribution in [0.2, 0.25) is 5.02 Å². The minimum absolute atomic E-state index is 0. The average molecular weight is 246 g/mol. The van der Waals surface area contributed by atoms with E-state index in [0.29, 0.717) is 5.02 Å². The first-order chi connectivity index (χ1) is 5.91. The first-order valence-corrected chi connectivity index (χ1v) is 5.19. The molecule has 7 heteroatoms. The maximum Gasteiger partial charge on any atom is 1.00 e. The van der Waals surface area contributed by atoms with Crippen molar-refractivity contribution in [2.24, 2.45) is 0 Å². The number of rotatable bonds is 2. The van der Waals surface area contributed by atoms with Crippen LogP contribution < -0.4 is 29.6 Å². The number of benzene rings is 1. The Kier molecular flexibility index (Phi) is 5.61. The van der Waals surface area contributed by atoms with E-state index in [4.69, 9.17) is 21.3 Å². The Balaban J connectivity index is 0.00000169. The van der Waals surface area contributed by atoms with Gasteiger partial charge >= 0.3 is 29.6 Å². The minimum Gasteiger partial charge on any atom is -0.371 e. The van der Waals surface area contributed by atoms with Gasteiger partial charge < -0.3 is 5.11 Å². The minimum atomic E-state index is -4.48. The third-order valence-corrected chi connectivity index (χ3v) is 2.49. The van der Waals surface area contributed by atoms with E-state index in [2.05, 4.69) is 0 Å². The molecule has 0 saturated carbocycles. The Morgan fingerprint density at radius 3 is 2.36 bits per heavy atom. The van der Waals surface area contributed by atoms with Crippen LogP contribution in [0.3, 0.4) is 0 Å². The average Bonchev–Trinajstić information content (AvgIpc) is 2.01. The largest absolute Gasteiger partial charge is 1.00 e. The quantitative estimate of drug-likeness (QED) is 0.477. The van der Waals surface area contributed by atoms with Gasteiger partial charge in [0.2, 0.25) is 5.44 Å². The summed E-state index contributed by atoms with van der Waals surface area (Å²) in [5.41, 5.74) is -1.90. The molecule has 1 aromatic rings. The molecule has 0 radical (unpaired) electrons. The molecule has 0 amide bonds. The molecule has 0 aliphatic rings. The maximum absolute atomic E-state index is 10.5. The molecule has 0 bridgehead atoms. The van der Waals surface area contributed by atoms with Crippen LogP contribution in [0.15, 0.2) is 24.3 Å². The summed E-state index contributed by atoms with van der Waals surface area (Å²) in [5.74, 6) is 0. The van der Waals surface area contributed by atoms with Crippen molar-refractivity contribution in [3.63, 3.8) is 0 Å². The summed E-state index contributed by atoms with van der Waals surface area (Å²) in [6, 6.07) is 5.62. The molecule has 0 fully saturated rings. The van der Waals surface area contributed by atoms with Crippen molar-refractivity contribution < 1.29 is 47.6 Å². The van der Waals surface area contributed by atoms with Crippen LogP contribution in [0.5, 0.6) is 0 Å². The van der Waals surface area contributed by atoms with Crippen molar-refractivity contribution in [3.05, 3.63) is 34.9 Å². The molecule has 0 aromatic heterocycles. The summed E-state index contributed by atoms with van der Waals surface area (Å²) in [4.78, 5) is 0. The van der Waals surface area contributed by atoms with E-state index in [1.54, 1.807) is 0 Å². The standard InChI is InChI=1S/C7H7ClO4S.Na/c8-6-3-1-2-5(4-6)7(9)13(10,11)12;/h1-4,7,9H,(H,10,11,12);/q;+1. The molecule has 0 aliphatic carbocycles. The van der Waals surface area contributed by atoms with E-state index in [0.717, 1.165) is 0 Å². The van der Waals surface area contributed by atoms with E-state index in [1.807, 2.05) is 0 Å². The Labute approximate surface area is 109 Å². The second kappa shape index (κ2) is 5.46. The monoisotopic (exact) mass is 245 g/mol. The summed E-state index contributed by atoms with van der Waals surface area (Å²) < 4.78 is 29.5. The molecule has 1 rings (SSSR count). The number of aliphatic hydroxyl groups is 1. The zero-order valence-corrected chi connectivity index (χ0v) is 11.0. The molecule has 0 saturated heterocycles. The summed E-state index contributed by atoms with van der Waals surface area (Å²) in [6.07, 6.45) is 0. The van der Waals surface area contributed by atoms with Crippen molar-refractivity contribution in [2.75, 3.05) is 0 Å². The molecule has 2 N–H and O–H groups in total. The third-order valence-electron chi connectivity index (χ3n) is 1.42. The zero-order chi connectivity index (χ0) is 10.1. The fourth-order valence-electron chi connectivity index (χ4n) is 0.832. The Morgan fingerprint density at radius 1 is 1.36 bits per heavy atom. The van der Waals surface area contributed by atoms with Gasteiger partial charge in [-0.1, -0.05) is 23.7 Å². The van der Waals surface area contributed by atoms with Crippen molar-refractivity contribution in [3.8, 4) is 0 Å². The van der Waals surface area contributed by atoms with Gasteiger partial charge in [-0.2, -0.15) is 8.42 Å². The van der Waals surface area contributed by atoms with Gasteiger partial charge in [-0.25, -0.2) is 0 Å². The summed E-state index contributed by atoms with van der Waals surface area (Å²) in [6.45, 7) is 0. The first-order valence-electron chi connectivity index (χ1n) is 3.31. The number of hydrogen-bond acceptors (Lipinski definition) is 3. The van der Waals surface area contributed by atoms with Crippen molar-refractivity contribution in [2.45, 2.75) is 5.44 Å². The van der Waals surface area contributed by atoms with Crippen LogP contribution in [0, 0.1) is 0 Å². The van der Waals surface area contributed by atoms with Gasteiger partial charge in [0, 0.05) is 5.02 Å². The van der Waals surface area contributed by atoms with Gasteiger partial charge in [-0.3, -0.25) is 4.55 Å². The van der Waals surface area contributed by atoms with E-state index >= 15 is 0 Å². The predicted molar refractivity (Wildman–Crippen MR) is 48.0 cm³/mol. The summed E-state index contributed by atoms with van der Waals surface area (Å²) >= 11 is 5.55. The maximum atomic E-state index is 10.5. The van der Waals surface area contributed by atoms with Crippen molar-refractivity contribution in [1.82, 2.24) is 0 Å². The van der Waals surface area contributed by atoms with E-state index < -0.39 is 15.6 Å². The Morgan fingerprint density at radius 2 is 1.93 bits per heavy atom. The van der Waals surface area contributed by atoms with Gasteiger partial charge in [0.05, 0.1) is 0 Å². The SMILES string of the molecule is O=S(=O)(O)C(O)c1cccc(Cl)c1.[Na+]. The molecule has 1 atom stereocenters. The number of hydrogen-bond donors (Lipinski definition) is 2. The smallest absolute Gasteiger partial charge is 0.371 e. The molecule has 72 valence electrons. The Hall–Kier alpha value is 0.380. The first kappa shape index (κ1) is 14.4. The molecule has 1 unspecified atom stereocenters.